The minimum atomic E-state index is -0.403. The lowest BCUT2D eigenvalue weighted by atomic mass is 9.67. The molecular weight excluding hydrogens is 494 g/mol. The molecule has 196 valence electrons. The summed E-state index contributed by atoms with van der Waals surface area (Å²) in [4.78, 5) is 0. The highest BCUT2D eigenvalue weighted by Crippen LogP contribution is 2.56. The second kappa shape index (κ2) is 8.81. The molecule has 0 saturated carbocycles. The molecule has 0 atom stereocenters. The lowest BCUT2D eigenvalue weighted by Crippen LogP contribution is -2.28. The van der Waals surface area contributed by atoms with Crippen LogP contribution in [0.15, 0.2) is 146 Å². The number of nitrogens with one attached hydrogen (secondary N) is 1. The molecule has 0 aromatic heterocycles. The molecule has 0 bridgehead atoms. The second-order valence-corrected chi connectivity index (χ2v) is 11.8. The van der Waals surface area contributed by atoms with E-state index in [9.17, 15) is 0 Å². The summed E-state index contributed by atoms with van der Waals surface area (Å²) in [7, 11) is 0. The van der Waals surface area contributed by atoms with Gasteiger partial charge < -0.3 is 5.32 Å². The predicted octanol–water partition coefficient (Wildman–Crippen LogP) is 10.1. The summed E-state index contributed by atoms with van der Waals surface area (Å²) >= 11 is 0. The van der Waals surface area contributed by atoms with Crippen molar-refractivity contribution < 1.29 is 0 Å². The Morgan fingerprint density at radius 1 is 0.439 bits per heavy atom. The maximum absolute atomic E-state index is 3.86. The van der Waals surface area contributed by atoms with Crippen LogP contribution in [0.25, 0.3) is 22.3 Å². The summed E-state index contributed by atoms with van der Waals surface area (Å²) in [5.41, 5.74) is 15.0. The summed E-state index contributed by atoms with van der Waals surface area (Å²) in [5.74, 6) is 0. The average molecular weight is 526 g/mol. The lowest BCUT2D eigenvalue weighted by Gasteiger charge is -2.34. The molecule has 41 heavy (non-hydrogen) atoms. The zero-order chi connectivity index (χ0) is 27.6. The van der Waals surface area contributed by atoms with Crippen LogP contribution in [-0.2, 0) is 10.8 Å². The topological polar surface area (TPSA) is 12.0 Å². The van der Waals surface area contributed by atoms with E-state index in [1.807, 2.05) is 0 Å². The van der Waals surface area contributed by atoms with Gasteiger partial charge in [0.15, 0.2) is 0 Å². The number of hydrogen-bond donors (Lipinski definition) is 1. The van der Waals surface area contributed by atoms with Crippen LogP contribution < -0.4 is 5.32 Å². The molecule has 0 radical (unpaired) electrons. The molecule has 1 nitrogen and oxygen atoms in total. The lowest BCUT2D eigenvalue weighted by molar-refractivity contribution is 0.660. The molecule has 1 heteroatoms. The largest absolute Gasteiger partial charge is 0.355 e. The first-order valence-electron chi connectivity index (χ1n) is 14.5. The van der Waals surface area contributed by atoms with Crippen molar-refractivity contribution in [2.45, 2.75) is 24.7 Å². The number of benzene rings is 6. The van der Waals surface area contributed by atoms with Gasteiger partial charge in [-0.3, -0.25) is 0 Å². The fourth-order valence-corrected chi connectivity index (χ4v) is 7.56. The summed E-state index contributed by atoms with van der Waals surface area (Å²) in [6.07, 6.45) is 0. The van der Waals surface area contributed by atoms with Crippen molar-refractivity contribution in [2.24, 2.45) is 0 Å². The van der Waals surface area contributed by atoms with Gasteiger partial charge in [-0.2, -0.15) is 0 Å². The van der Waals surface area contributed by atoms with Gasteiger partial charge in [0, 0.05) is 22.4 Å². The van der Waals surface area contributed by atoms with Crippen LogP contribution in [0.2, 0.25) is 0 Å². The predicted molar refractivity (Wildman–Crippen MR) is 171 cm³/mol. The van der Waals surface area contributed by atoms with Gasteiger partial charge in [-0.25, -0.2) is 0 Å². The summed E-state index contributed by atoms with van der Waals surface area (Å²) < 4.78 is 0. The Balaban J connectivity index is 1.33. The van der Waals surface area contributed by atoms with Crippen LogP contribution in [0.4, 0.5) is 11.4 Å². The molecule has 0 aliphatic heterocycles. The zero-order valence-corrected chi connectivity index (χ0v) is 23.4. The first kappa shape index (κ1) is 24.0. The van der Waals surface area contributed by atoms with Gasteiger partial charge >= 0.3 is 0 Å². The highest BCUT2D eigenvalue weighted by atomic mass is 14.9. The highest BCUT2D eigenvalue weighted by Gasteiger charge is 2.46. The molecule has 6 aromatic rings. The molecule has 2 aliphatic carbocycles. The van der Waals surface area contributed by atoms with Crippen LogP contribution in [0.1, 0.15) is 47.2 Å². The van der Waals surface area contributed by atoms with Crippen molar-refractivity contribution in [3.8, 4) is 22.3 Å². The van der Waals surface area contributed by atoms with Crippen molar-refractivity contribution in [2.75, 3.05) is 5.32 Å². The van der Waals surface area contributed by atoms with E-state index in [1.54, 1.807) is 0 Å². The maximum Gasteiger partial charge on any atom is 0.0714 e. The monoisotopic (exact) mass is 525 g/mol. The Kier molecular flexibility index (Phi) is 5.15. The van der Waals surface area contributed by atoms with Gasteiger partial charge in [0.25, 0.3) is 0 Å². The first-order chi connectivity index (χ1) is 20.1. The fraction of sp³-hybridized carbons (Fsp3) is 0.100. The molecule has 0 unspecified atom stereocenters. The van der Waals surface area contributed by atoms with E-state index in [0.717, 1.165) is 11.4 Å². The number of hydrogen-bond acceptors (Lipinski definition) is 1. The average Bonchev–Trinajstić information content (AvgIpc) is 3.45. The van der Waals surface area contributed by atoms with E-state index in [1.165, 1.54) is 55.6 Å². The van der Waals surface area contributed by atoms with Crippen LogP contribution in [0.5, 0.6) is 0 Å². The molecule has 0 spiro atoms. The van der Waals surface area contributed by atoms with Gasteiger partial charge in [-0.15, -0.1) is 0 Å². The SMILES string of the molecule is CC1(C)c2ccccc2-c2c(Nc3cccc(C4(c5ccccc5)c5ccccc5-c5ccccc54)c3)cccc21. The zero-order valence-electron chi connectivity index (χ0n) is 23.4. The summed E-state index contributed by atoms with van der Waals surface area (Å²) in [6, 6.07) is 53.4. The Bertz CT molecular complexity index is 1900. The van der Waals surface area contributed by atoms with Gasteiger partial charge in [0.1, 0.15) is 0 Å². The minimum absolute atomic E-state index is 0.0277. The van der Waals surface area contributed by atoms with Crippen molar-refractivity contribution in [1.82, 2.24) is 0 Å². The van der Waals surface area contributed by atoms with Gasteiger partial charge in [0.2, 0.25) is 0 Å². The number of fused-ring (bicyclic) bond motifs is 6. The molecule has 2 aliphatic rings. The van der Waals surface area contributed by atoms with Crippen molar-refractivity contribution >= 4 is 11.4 Å². The fourth-order valence-electron chi connectivity index (χ4n) is 7.56. The van der Waals surface area contributed by atoms with Crippen LogP contribution >= 0.6 is 0 Å². The van der Waals surface area contributed by atoms with Crippen molar-refractivity contribution in [3.05, 3.63) is 179 Å². The third-order valence-corrected chi connectivity index (χ3v) is 9.34. The Labute approximate surface area is 242 Å². The highest BCUT2D eigenvalue weighted by molar-refractivity contribution is 5.91. The third kappa shape index (κ3) is 3.30. The normalized spacial score (nSPS) is 15.0. The van der Waals surface area contributed by atoms with E-state index in [0.29, 0.717) is 0 Å². The van der Waals surface area contributed by atoms with Gasteiger partial charge in [-0.05, 0) is 68.3 Å². The summed E-state index contributed by atoms with van der Waals surface area (Å²) in [5, 5.41) is 3.86. The van der Waals surface area contributed by atoms with E-state index in [4.69, 9.17) is 0 Å². The molecule has 0 amide bonds. The van der Waals surface area contributed by atoms with Crippen molar-refractivity contribution in [3.63, 3.8) is 0 Å². The smallest absolute Gasteiger partial charge is 0.0714 e. The molecule has 0 fully saturated rings. The molecule has 6 aromatic carbocycles. The van der Waals surface area contributed by atoms with Crippen LogP contribution in [-0.4, -0.2) is 0 Å². The van der Waals surface area contributed by atoms with Gasteiger partial charge in [0.05, 0.1) is 5.41 Å². The Hall–Kier alpha value is -4.88. The van der Waals surface area contributed by atoms with Crippen LogP contribution in [0, 0.1) is 0 Å². The first-order valence-corrected chi connectivity index (χ1v) is 14.5. The molecular formula is C40H31N. The van der Waals surface area contributed by atoms with E-state index < -0.39 is 5.41 Å². The molecule has 0 heterocycles. The number of anilines is 2. The Morgan fingerprint density at radius 3 is 1.68 bits per heavy atom. The quantitative estimate of drug-likeness (QED) is 0.241. The van der Waals surface area contributed by atoms with E-state index >= 15 is 0 Å². The molecule has 1 N–H and O–H groups in total. The maximum atomic E-state index is 3.86. The summed E-state index contributed by atoms with van der Waals surface area (Å²) in [6.45, 7) is 4.67. The standard InChI is InChI=1S/C40H31N/c1-39(2)33-21-9-8-20-32(33)38-36(39)24-13-25-37(38)41-29-17-12-16-28(26-29)40(27-14-4-3-5-15-27)34-22-10-6-18-30(34)31-19-7-11-23-35(31)40/h3-26,41H,1-2H3. The third-order valence-electron chi connectivity index (χ3n) is 9.34. The van der Waals surface area contributed by atoms with E-state index in [2.05, 4.69) is 165 Å². The second-order valence-electron chi connectivity index (χ2n) is 11.8. The Morgan fingerprint density at radius 2 is 0.976 bits per heavy atom. The van der Waals surface area contributed by atoms with Crippen molar-refractivity contribution in [1.29, 1.82) is 0 Å². The van der Waals surface area contributed by atoms with E-state index in [-0.39, 0.29) is 5.41 Å². The number of rotatable bonds is 4. The molecule has 8 rings (SSSR count). The minimum Gasteiger partial charge on any atom is -0.355 e. The van der Waals surface area contributed by atoms with Gasteiger partial charge in [-0.1, -0.05) is 141 Å². The van der Waals surface area contributed by atoms with Crippen LogP contribution in [0.3, 0.4) is 0 Å². The molecule has 0 saturated heterocycles.